The Morgan fingerprint density at radius 1 is 1.03 bits per heavy atom. The zero-order chi connectivity index (χ0) is 21.1. The fraction of sp³-hybridized carbons (Fsp3) is 0.263. The first-order valence-corrected chi connectivity index (χ1v) is 10.8. The number of carbonyl (C=O) groups is 1. The maximum Gasteiger partial charge on any atom is 0.243 e. The van der Waals surface area contributed by atoms with Gasteiger partial charge in [0.1, 0.15) is 12.1 Å². The topological polar surface area (TPSA) is 113 Å². The Morgan fingerprint density at radius 2 is 1.73 bits per heavy atom. The van der Waals surface area contributed by atoms with Crippen LogP contribution in [0.5, 0.6) is 0 Å². The molecule has 156 valence electrons. The molecule has 0 spiro atoms. The molecule has 0 aliphatic carbocycles. The van der Waals surface area contributed by atoms with Crippen LogP contribution in [0.2, 0.25) is 0 Å². The molecule has 0 atom stereocenters. The van der Waals surface area contributed by atoms with Gasteiger partial charge < -0.3 is 10.2 Å². The highest BCUT2D eigenvalue weighted by molar-refractivity contribution is 7.89. The van der Waals surface area contributed by atoms with Crippen LogP contribution in [0.1, 0.15) is 6.92 Å². The number of benzene rings is 1. The van der Waals surface area contributed by atoms with Gasteiger partial charge >= 0.3 is 0 Å². The van der Waals surface area contributed by atoms with Gasteiger partial charge in [0.05, 0.1) is 4.90 Å². The van der Waals surface area contributed by atoms with Gasteiger partial charge in [-0.25, -0.2) is 23.1 Å². The quantitative estimate of drug-likeness (QED) is 0.649. The lowest BCUT2D eigenvalue weighted by Gasteiger charge is -2.34. The van der Waals surface area contributed by atoms with Gasteiger partial charge in [-0.05, 0) is 30.3 Å². The zero-order valence-electron chi connectivity index (χ0n) is 16.3. The van der Waals surface area contributed by atoms with E-state index in [1.807, 2.05) is 17.0 Å². The van der Waals surface area contributed by atoms with Gasteiger partial charge in [0.25, 0.3) is 0 Å². The van der Waals surface area contributed by atoms with Crippen molar-refractivity contribution in [3.8, 4) is 5.82 Å². The molecule has 1 aromatic carbocycles. The Hall–Kier alpha value is -3.31. The van der Waals surface area contributed by atoms with Crippen molar-refractivity contribution in [1.29, 1.82) is 0 Å². The Labute approximate surface area is 174 Å². The minimum absolute atomic E-state index is 0.202. The van der Waals surface area contributed by atoms with E-state index in [-0.39, 0.29) is 10.8 Å². The number of hydrogen-bond acceptors (Lipinski definition) is 7. The van der Waals surface area contributed by atoms with Gasteiger partial charge in [-0.15, -0.1) is 0 Å². The first-order valence-electron chi connectivity index (χ1n) is 9.38. The molecular weight excluding hydrogens is 406 g/mol. The Balaban J connectivity index is 1.44. The summed E-state index contributed by atoms with van der Waals surface area (Å²) in [5.41, 5.74) is 0.558. The summed E-state index contributed by atoms with van der Waals surface area (Å²) in [5, 5.41) is 6.80. The minimum atomic E-state index is -3.61. The van der Waals surface area contributed by atoms with Gasteiger partial charge in [0.2, 0.25) is 15.9 Å². The molecule has 1 N–H and O–H groups in total. The van der Waals surface area contributed by atoms with Crippen molar-refractivity contribution >= 4 is 27.4 Å². The van der Waals surface area contributed by atoms with Crippen molar-refractivity contribution in [3.05, 3.63) is 55.1 Å². The average Bonchev–Trinajstić information content (AvgIpc) is 3.29. The standard InChI is InChI=1S/C19H21N7O3S/c1-15(27)23-16-3-5-17(6-4-16)30(28,29)25-11-9-24(10-12-25)18-13-19(21-14-20-18)26-8-2-7-22-26/h2-8,13-14H,9-12H2,1H3,(H,23,27). The van der Waals surface area contributed by atoms with E-state index in [0.717, 1.165) is 5.82 Å². The predicted molar refractivity (Wildman–Crippen MR) is 111 cm³/mol. The first kappa shape index (κ1) is 20.0. The van der Waals surface area contributed by atoms with Crippen LogP contribution in [0.15, 0.2) is 60.0 Å². The first-order chi connectivity index (χ1) is 14.4. The van der Waals surface area contributed by atoms with Gasteiger partial charge in [-0.3, -0.25) is 4.79 Å². The van der Waals surface area contributed by atoms with Gasteiger partial charge in [0.15, 0.2) is 5.82 Å². The highest BCUT2D eigenvalue weighted by Gasteiger charge is 2.29. The molecule has 30 heavy (non-hydrogen) atoms. The van der Waals surface area contributed by atoms with E-state index in [9.17, 15) is 13.2 Å². The van der Waals surface area contributed by atoms with E-state index in [1.165, 1.54) is 29.7 Å². The highest BCUT2D eigenvalue weighted by atomic mass is 32.2. The number of aromatic nitrogens is 4. The maximum absolute atomic E-state index is 13.0. The third-order valence-electron chi connectivity index (χ3n) is 4.75. The Kier molecular flexibility index (Phi) is 5.46. The van der Waals surface area contributed by atoms with Crippen molar-refractivity contribution < 1.29 is 13.2 Å². The second-order valence-electron chi connectivity index (χ2n) is 6.78. The lowest BCUT2D eigenvalue weighted by atomic mass is 10.3. The third-order valence-corrected chi connectivity index (χ3v) is 6.67. The molecule has 10 nitrogen and oxygen atoms in total. The molecular formula is C19H21N7O3S. The SMILES string of the molecule is CC(=O)Nc1ccc(S(=O)(=O)N2CCN(c3cc(-n4cccn4)ncn3)CC2)cc1. The van der Waals surface area contributed by atoms with Crippen molar-refractivity contribution in [1.82, 2.24) is 24.1 Å². The van der Waals surface area contributed by atoms with Crippen molar-refractivity contribution in [2.24, 2.45) is 0 Å². The molecule has 0 bridgehead atoms. The maximum atomic E-state index is 13.0. The van der Waals surface area contributed by atoms with E-state index < -0.39 is 10.0 Å². The number of sulfonamides is 1. The van der Waals surface area contributed by atoms with E-state index in [2.05, 4.69) is 20.4 Å². The van der Waals surface area contributed by atoms with Crippen molar-refractivity contribution in [2.75, 3.05) is 36.4 Å². The molecule has 1 fully saturated rings. The Bertz CT molecular complexity index is 1120. The monoisotopic (exact) mass is 427 g/mol. The molecule has 3 aromatic rings. The molecule has 4 rings (SSSR count). The molecule has 3 heterocycles. The largest absolute Gasteiger partial charge is 0.354 e. The number of nitrogens with zero attached hydrogens (tertiary/aromatic N) is 6. The highest BCUT2D eigenvalue weighted by Crippen LogP contribution is 2.22. The fourth-order valence-corrected chi connectivity index (χ4v) is 4.68. The van der Waals surface area contributed by atoms with Crippen LogP contribution in [0, 0.1) is 0 Å². The second-order valence-corrected chi connectivity index (χ2v) is 8.72. The number of anilines is 2. The summed E-state index contributed by atoms with van der Waals surface area (Å²) in [4.78, 5) is 21.9. The number of rotatable bonds is 5. The summed E-state index contributed by atoms with van der Waals surface area (Å²) >= 11 is 0. The molecule has 11 heteroatoms. The molecule has 1 aliphatic heterocycles. The van der Waals surface area contributed by atoms with E-state index in [1.54, 1.807) is 29.2 Å². The number of piperazine rings is 1. The van der Waals surface area contributed by atoms with Crippen LogP contribution in [-0.4, -0.2) is 64.6 Å². The molecule has 2 aromatic heterocycles. The molecule has 0 saturated carbocycles. The number of hydrogen-bond donors (Lipinski definition) is 1. The van der Waals surface area contributed by atoms with Crippen LogP contribution < -0.4 is 10.2 Å². The van der Waals surface area contributed by atoms with Crippen LogP contribution in [0.25, 0.3) is 5.82 Å². The normalized spacial score (nSPS) is 15.2. The summed E-state index contributed by atoms with van der Waals surface area (Å²) in [6.45, 7) is 3.12. The van der Waals surface area contributed by atoms with Crippen LogP contribution in [0.4, 0.5) is 11.5 Å². The van der Waals surface area contributed by atoms with Gasteiger partial charge in [-0.1, -0.05) is 0 Å². The van der Waals surface area contributed by atoms with Crippen LogP contribution in [0.3, 0.4) is 0 Å². The summed E-state index contributed by atoms with van der Waals surface area (Å²) < 4.78 is 29.0. The van der Waals surface area contributed by atoms with Crippen molar-refractivity contribution in [2.45, 2.75) is 11.8 Å². The number of amides is 1. The lowest BCUT2D eigenvalue weighted by Crippen LogP contribution is -2.48. The average molecular weight is 427 g/mol. The zero-order valence-corrected chi connectivity index (χ0v) is 17.2. The van der Waals surface area contributed by atoms with Crippen LogP contribution in [-0.2, 0) is 14.8 Å². The number of carbonyl (C=O) groups excluding carboxylic acids is 1. The smallest absolute Gasteiger partial charge is 0.243 e. The van der Waals surface area contributed by atoms with Crippen LogP contribution >= 0.6 is 0 Å². The van der Waals surface area contributed by atoms with Gasteiger partial charge in [-0.2, -0.15) is 9.40 Å². The number of nitrogens with one attached hydrogen (secondary N) is 1. The van der Waals surface area contributed by atoms with Gasteiger partial charge in [0, 0.05) is 57.3 Å². The molecule has 0 unspecified atom stereocenters. The molecule has 1 amide bonds. The summed E-state index contributed by atoms with van der Waals surface area (Å²) in [5.74, 6) is 1.17. The van der Waals surface area contributed by atoms with E-state index in [0.29, 0.717) is 37.7 Å². The summed E-state index contributed by atoms with van der Waals surface area (Å²) in [6.07, 6.45) is 4.95. The lowest BCUT2D eigenvalue weighted by molar-refractivity contribution is -0.114. The Morgan fingerprint density at radius 3 is 2.37 bits per heavy atom. The third kappa shape index (κ3) is 4.16. The van der Waals surface area contributed by atoms with Crippen molar-refractivity contribution in [3.63, 3.8) is 0 Å². The fourth-order valence-electron chi connectivity index (χ4n) is 3.26. The molecule has 1 aliphatic rings. The predicted octanol–water partition coefficient (Wildman–Crippen LogP) is 1.13. The summed E-state index contributed by atoms with van der Waals surface area (Å²) in [6, 6.07) is 9.83. The molecule has 1 saturated heterocycles. The van der Waals surface area contributed by atoms with E-state index in [4.69, 9.17) is 0 Å². The minimum Gasteiger partial charge on any atom is -0.354 e. The molecule has 0 radical (unpaired) electrons. The summed E-state index contributed by atoms with van der Waals surface area (Å²) in [7, 11) is -3.61. The second kappa shape index (κ2) is 8.20. The van der Waals surface area contributed by atoms with E-state index >= 15 is 0 Å².